The average Bonchev–Trinajstić information content (AvgIpc) is 2.93. The number of carbonyl (C=O) groups is 1. The van der Waals surface area contributed by atoms with Crippen LogP contribution < -0.4 is 5.32 Å². The van der Waals surface area contributed by atoms with E-state index in [1.165, 1.54) is 29.5 Å². The normalized spacial score (nSPS) is 9.81. The van der Waals surface area contributed by atoms with E-state index >= 15 is 0 Å². The summed E-state index contributed by atoms with van der Waals surface area (Å²) in [7, 11) is 0. The molecule has 6 heteroatoms. The van der Waals surface area contributed by atoms with E-state index in [9.17, 15) is 9.90 Å². The smallest absolute Gasteiger partial charge is 0.251 e. The summed E-state index contributed by atoms with van der Waals surface area (Å²) in [5, 5.41) is 20.8. The van der Waals surface area contributed by atoms with Gasteiger partial charge in [0, 0.05) is 10.4 Å². The lowest BCUT2D eigenvalue weighted by Crippen LogP contribution is -2.22. The number of hydrogen-bond donors (Lipinski definition) is 3. The first-order valence-electron chi connectivity index (χ1n) is 6.05. The number of amides is 1. The Labute approximate surface area is 131 Å². The van der Waals surface area contributed by atoms with Crippen molar-refractivity contribution in [2.24, 2.45) is 0 Å². The van der Waals surface area contributed by atoms with E-state index in [0.717, 1.165) is 9.75 Å². The minimum absolute atomic E-state index is 0.0569. The van der Waals surface area contributed by atoms with Gasteiger partial charge in [-0.1, -0.05) is 23.4 Å². The highest BCUT2D eigenvalue weighted by Gasteiger charge is 2.08. The molecule has 0 saturated carbocycles. The molecule has 1 heterocycles. The number of thiophene rings is 1. The molecule has 0 bridgehead atoms. The highest BCUT2D eigenvalue weighted by atomic mass is 35.5. The lowest BCUT2D eigenvalue weighted by atomic mass is 10.2. The van der Waals surface area contributed by atoms with Crippen LogP contribution in [-0.2, 0) is 6.54 Å². The van der Waals surface area contributed by atoms with Crippen molar-refractivity contribution in [3.63, 3.8) is 0 Å². The van der Waals surface area contributed by atoms with Crippen molar-refractivity contribution in [3.05, 3.63) is 50.7 Å². The van der Waals surface area contributed by atoms with Crippen LogP contribution in [0.3, 0.4) is 0 Å². The number of carbonyl (C=O) groups excluding carboxylic acids is 1. The fourth-order valence-electron chi connectivity index (χ4n) is 1.58. The number of nitrogens with one attached hydrogen (secondary N) is 1. The molecule has 1 aromatic carbocycles. The summed E-state index contributed by atoms with van der Waals surface area (Å²) in [5.41, 5.74) is 0.384. The van der Waals surface area contributed by atoms with Gasteiger partial charge in [-0.3, -0.25) is 4.79 Å². The first-order valence-corrected chi connectivity index (χ1v) is 7.25. The zero-order valence-corrected chi connectivity index (χ0v) is 12.5. The molecule has 0 atom stereocenters. The van der Waals surface area contributed by atoms with Crippen molar-refractivity contribution >= 4 is 28.8 Å². The summed E-state index contributed by atoms with van der Waals surface area (Å²) in [4.78, 5) is 13.7. The van der Waals surface area contributed by atoms with Gasteiger partial charge in [0.15, 0.2) is 0 Å². The second kappa shape index (κ2) is 7.14. The Hall–Kier alpha value is -2.00. The highest BCUT2D eigenvalue weighted by Crippen LogP contribution is 2.23. The summed E-state index contributed by atoms with van der Waals surface area (Å²) >= 11 is 7.21. The number of phenolic OH excluding ortho intramolecular Hbond substituents is 1. The average molecular weight is 322 g/mol. The van der Waals surface area contributed by atoms with Crippen molar-refractivity contribution in [1.82, 2.24) is 5.32 Å². The van der Waals surface area contributed by atoms with Crippen LogP contribution in [0, 0.1) is 11.8 Å². The maximum atomic E-state index is 12.0. The Balaban J connectivity index is 1.97. The quantitative estimate of drug-likeness (QED) is 0.760. The molecule has 2 rings (SSSR count). The molecule has 4 nitrogen and oxygen atoms in total. The van der Waals surface area contributed by atoms with Crippen molar-refractivity contribution in [2.45, 2.75) is 6.54 Å². The van der Waals surface area contributed by atoms with Crippen molar-refractivity contribution in [3.8, 4) is 17.6 Å². The van der Waals surface area contributed by atoms with Crippen LogP contribution in [0.25, 0.3) is 0 Å². The van der Waals surface area contributed by atoms with Gasteiger partial charge in [0.2, 0.25) is 0 Å². The Morgan fingerprint density at radius 1 is 1.33 bits per heavy atom. The van der Waals surface area contributed by atoms with E-state index in [-0.39, 0.29) is 23.3 Å². The van der Waals surface area contributed by atoms with Gasteiger partial charge < -0.3 is 15.5 Å². The standard InChI is InChI=1S/C15H12ClNO3S/c16-13-8-10(3-6-14(13)19)15(20)17-9-12-5-4-11(21-12)2-1-7-18/h3-6,8,18-19H,7,9H2,(H,17,20). The van der Waals surface area contributed by atoms with Gasteiger partial charge in [-0.15, -0.1) is 11.3 Å². The molecular formula is C15H12ClNO3S. The Morgan fingerprint density at radius 2 is 2.14 bits per heavy atom. The van der Waals surface area contributed by atoms with Crippen LogP contribution in [0.1, 0.15) is 20.1 Å². The summed E-state index contributed by atoms with van der Waals surface area (Å²) in [6, 6.07) is 8.01. The molecule has 3 N–H and O–H groups in total. The van der Waals surface area contributed by atoms with E-state index in [4.69, 9.17) is 16.7 Å². The number of aliphatic hydroxyl groups excluding tert-OH is 1. The number of hydrogen-bond acceptors (Lipinski definition) is 4. The second-order valence-corrected chi connectivity index (χ2v) is 5.65. The third-order valence-corrected chi connectivity index (χ3v) is 3.89. The molecule has 0 aliphatic carbocycles. The van der Waals surface area contributed by atoms with Crippen LogP contribution in [0.4, 0.5) is 0 Å². The SMILES string of the molecule is O=C(NCc1ccc(C#CCO)s1)c1ccc(O)c(Cl)c1. The maximum absolute atomic E-state index is 12.0. The number of phenols is 1. The predicted molar refractivity (Wildman–Crippen MR) is 82.6 cm³/mol. The van der Waals surface area contributed by atoms with E-state index in [2.05, 4.69) is 17.2 Å². The van der Waals surface area contributed by atoms with Crippen molar-refractivity contribution < 1.29 is 15.0 Å². The van der Waals surface area contributed by atoms with E-state index in [1.54, 1.807) is 0 Å². The zero-order chi connectivity index (χ0) is 15.2. The topological polar surface area (TPSA) is 69.6 Å². The molecule has 0 saturated heterocycles. The molecule has 0 aliphatic rings. The predicted octanol–water partition coefficient (Wildman–Crippen LogP) is 2.38. The Morgan fingerprint density at radius 3 is 2.86 bits per heavy atom. The van der Waals surface area contributed by atoms with Gasteiger partial charge >= 0.3 is 0 Å². The first-order chi connectivity index (χ1) is 10.1. The molecule has 0 spiro atoms. The maximum Gasteiger partial charge on any atom is 0.251 e. The summed E-state index contributed by atoms with van der Waals surface area (Å²) in [6.45, 7) is 0.203. The minimum atomic E-state index is -0.270. The molecule has 0 unspecified atom stereocenters. The summed E-state index contributed by atoms with van der Waals surface area (Å²) < 4.78 is 0. The molecule has 2 aromatic rings. The van der Waals surface area contributed by atoms with Gasteiger partial charge in [0.1, 0.15) is 12.4 Å². The third-order valence-electron chi connectivity index (χ3n) is 2.59. The lowest BCUT2D eigenvalue weighted by molar-refractivity contribution is 0.0951. The fraction of sp³-hybridized carbons (Fsp3) is 0.133. The van der Waals surface area contributed by atoms with E-state index in [0.29, 0.717) is 12.1 Å². The third kappa shape index (κ3) is 4.23. The number of aromatic hydroxyl groups is 1. The zero-order valence-electron chi connectivity index (χ0n) is 10.9. The molecule has 0 aliphatic heterocycles. The van der Waals surface area contributed by atoms with Gasteiger partial charge in [0.05, 0.1) is 16.4 Å². The molecule has 1 aromatic heterocycles. The van der Waals surface area contributed by atoms with E-state index in [1.807, 2.05) is 12.1 Å². The van der Waals surface area contributed by atoms with Crippen LogP contribution in [0.5, 0.6) is 5.75 Å². The number of benzene rings is 1. The molecule has 1 amide bonds. The van der Waals surface area contributed by atoms with Gasteiger partial charge in [-0.2, -0.15) is 0 Å². The second-order valence-electron chi connectivity index (χ2n) is 4.07. The fourth-order valence-corrected chi connectivity index (χ4v) is 2.59. The Bertz CT molecular complexity index is 715. The Kier molecular flexibility index (Phi) is 5.23. The largest absolute Gasteiger partial charge is 0.506 e. The summed E-state index contributed by atoms with van der Waals surface area (Å²) in [6.07, 6.45) is 0. The number of halogens is 1. The molecular weight excluding hydrogens is 310 g/mol. The van der Waals surface area contributed by atoms with Crippen LogP contribution >= 0.6 is 22.9 Å². The molecule has 0 fully saturated rings. The van der Waals surface area contributed by atoms with Crippen molar-refractivity contribution in [1.29, 1.82) is 0 Å². The molecule has 0 radical (unpaired) electrons. The van der Waals surface area contributed by atoms with Crippen LogP contribution in [0.2, 0.25) is 5.02 Å². The van der Waals surface area contributed by atoms with Gasteiger partial charge in [-0.05, 0) is 30.3 Å². The van der Waals surface area contributed by atoms with Crippen LogP contribution in [-0.4, -0.2) is 22.7 Å². The number of rotatable bonds is 3. The van der Waals surface area contributed by atoms with Gasteiger partial charge in [0.25, 0.3) is 5.91 Å². The first kappa shape index (κ1) is 15.4. The highest BCUT2D eigenvalue weighted by molar-refractivity contribution is 7.12. The molecule has 21 heavy (non-hydrogen) atoms. The van der Waals surface area contributed by atoms with Crippen LogP contribution in [0.15, 0.2) is 30.3 Å². The number of aliphatic hydroxyl groups is 1. The van der Waals surface area contributed by atoms with E-state index < -0.39 is 0 Å². The minimum Gasteiger partial charge on any atom is -0.506 e. The summed E-state index contributed by atoms with van der Waals surface area (Å²) in [5.74, 6) is 5.05. The van der Waals surface area contributed by atoms with Crippen molar-refractivity contribution in [2.75, 3.05) is 6.61 Å². The lowest BCUT2D eigenvalue weighted by Gasteiger charge is -2.04. The van der Waals surface area contributed by atoms with Gasteiger partial charge in [-0.25, -0.2) is 0 Å². The monoisotopic (exact) mass is 321 g/mol. The molecule has 108 valence electrons.